The van der Waals surface area contributed by atoms with Crippen LogP contribution in [0.5, 0.6) is 0 Å². The molecule has 3 aliphatic rings. The van der Waals surface area contributed by atoms with Crippen LogP contribution >= 0.6 is 0 Å². The highest BCUT2D eigenvalue weighted by Gasteiger charge is 2.67. The first-order chi connectivity index (χ1) is 9.12. The Morgan fingerprint density at radius 3 is 2.95 bits per heavy atom. The van der Waals surface area contributed by atoms with E-state index in [4.69, 9.17) is 4.42 Å². The summed E-state index contributed by atoms with van der Waals surface area (Å²) in [5.74, 6) is 0.903. The second kappa shape index (κ2) is 3.38. The lowest BCUT2D eigenvalue weighted by atomic mass is 9.71. The van der Waals surface area contributed by atoms with Crippen LogP contribution in [0, 0.1) is 23.2 Å². The van der Waals surface area contributed by atoms with E-state index in [9.17, 15) is 9.59 Å². The third kappa shape index (κ3) is 1.19. The minimum atomic E-state index is -0.525. The second-order valence-electron chi connectivity index (χ2n) is 5.96. The van der Waals surface area contributed by atoms with Gasteiger partial charge in [0.2, 0.25) is 11.8 Å². The molecule has 4 heteroatoms. The Hall–Kier alpha value is -1.84. The molecule has 1 aliphatic heterocycles. The van der Waals surface area contributed by atoms with Crippen LogP contribution in [0.15, 0.2) is 35.0 Å². The van der Waals surface area contributed by atoms with Crippen molar-refractivity contribution in [1.82, 2.24) is 4.90 Å². The largest absolute Gasteiger partial charge is 0.467 e. The van der Waals surface area contributed by atoms with Gasteiger partial charge in [0.25, 0.3) is 0 Å². The van der Waals surface area contributed by atoms with Crippen LogP contribution in [0.2, 0.25) is 0 Å². The zero-order valence-electron chi connectivity index (χ0n) is 10.7. The number of amides is 2. The van der Waals surface area contributed by atoms with Crippen LogP contribution in [-0.4, -0.2) is 16.7 Å². The van der Waals surface area contributed by atoms with Crippen molar-refractivity contribution in [2.75, 3.05) is 0 Å². The minimum absolute atomic E-state index is 0.0271. The average molecular weight is 257 g/mol. The second-order valence-corrected chi connectivity index (χ2v) is 5.96. The SMILES string of the molecule is C[C@@]12C(=O)N(Cc3ccco3)C(=O)[C@H]1[C@H]1C=C[C@H]2C1. The highest BCUT2D eigenvalue weighted by molar-refractivity contribution is 6.08. The number of rotatable bonds is 2. The molecule has 2 fully saturated rings. The van der Waals surface area contributed by atoms with E-state index in [1.807, 2.05) is 6.92 Å². The number of carbonyl (C=O) groups excluding carboxylic acids is 2. The standard InChI is InChI=1S/C15H15NO3/c1-15-10-5-4-9(7-10)12(15)13(17)16(14(15)18)8-11-3-2-6-19-11/h2-6,9-10,12H,7-8H2,1H3/t9-,10-,12+,15-/m0/s1. The van der Waals surface area contributed by atoms with Crippen LogP contribution in [-0.2, 0) is 16.1 Å². The molecule has 2 amide bonds. The summed E-state index contributed by atoms with van der Waals surface area (Å²) in [7, 11) is 0. The summed E-state index contributed by atoms with van der Waals surface area (Å²) in [6, 6.07) is 3.57. The molecule has 0 aromatic carbocycles. The van der Waals surface area contributed by atoms with Gasteiger partial charge in [-0.1, -0.05) is 12.2 Å². The third-order valence-corrected chi connectivity index (χ3v) is 5.09. The normalized spacial score (nSPS) is 39.4. The van der Waals surface area contributed by atoms with E-state index in [2.05, 4.69) is 12.2 Å². The Balaban J connectivity index is 1.70. The molecule has 1 saturated heterocycles. The molecule has 4 nitrogen and oxygen atoms in total. The van der Waals surface area contributed by atoms with Gasteiger partial charge in [-0.15, -0.1) is 0 Å². The Labute approximate surface area is 111 Å². The van der Waals surface area contributed by atoms with E-state index in [1.54, 1.807) is 18.4 Å². The van der Waals surface area contributed by atoms with Gasteiger partial charge < -0.3 is 4.42 Å². The molecule has 0 radical (unpaired) electrons. The maximum Gasteiger partial charge on any atom is 0.236 e. The Kier molecular flexibility index (Phi) is 1.96. The van der Waals surface area contributed by atoms with E-state index >= 15 is 0 Å². The average Bonchev–Trinajstić information content (AvgIpc) is 3.12. The molecule has 0 N–H and O–H groups in total. The molecule has 0 unspecified atom stereocenters. The summed E-state index contributed by atoms with van der Waals surface area (Å²) >= 11 is 0. The van der Waals surface area contributed by atoms with Gasteiger partial charge in [-0.05, 0) is 37.3 Å². The summed E-state index contributed by atoms with van der Waals surface area (Å²) in [5, 5.41) is 0. The van der Waals surface area contributed by atoms with Crippen molar-refractivity contribution >= 4 is 11.8 Å². The third-order valence-electron chi connectivity index (χ3n) is 5.09. The lowest BCUT2D eigenvalue weighted by Gasteiger charge is -2.28. The predicted molar refractivity (Wildman–Crippen MR) is 66.6 cm³/mol. The predicted octanol–water partition coefficient (Wildman–Crippen LogP) is 1.98. The summed E-state index contributed by atoms with van der Waals surface area (Å²) in [5.41, 5.74) is -0.525. The lowest BCUT2D eigenvalue weighted by molar-refractivity contribution is -0.143. The van der Waals surface area contributed by atoms with E-state index in [0.717, 1.165) is 6.42 Å². The molecule has 1 aromatic rings. The van der Waals surface area contributed by atoms with Crippen LogP contribution in [0.1, 0.15) is 19.1 Å². The van der Waals surface area contributed by atoms with Gasteiger partial charge >= 0.3 is 0 Å². The molecule has 0 spiro atoms. The number of fused-ring (bicyclic) bond motifs is 5. The first-order valence-corrected chi connectivity index (χ1v) is 6.69. The molecular weight excluding hydrogens is 242 g/mol. The monoisotopic (exact) mass is 257 g/mol. The van der Waals surface area contributed by atoms with E-state index in [-0.39, 0.29) is 36.1 Å². The van der Waals surface area contributed by atoms with Crippen molar-refractivity contribution in [2.45, 2.75) is 19.9 Å². The molecule has 2 heterocycles. The Bertz CT molecular complexity index is 589. The van der Waals surface area contributed by atoms with Gasteiger partial charge in [-0.2, -0.15) is 0 Å². The molecular formula is C15H15NO3. The summed E-state index contributed by atoms with van der Waals surface area (Å²) in [6.07, 6.45) is 6.74. The smallest absolute Gasteiger partial charge is 0.236 e. The zero-order chi connectivity index (χ0) is 13.2. The fourth-order valence-corrected chi connectivity index (χ4v) is 4.09. The summed E-state index contributed by atoms with van der Waals surface area (Å²) < 4.78 is 5.25. The fourth-order valence-electron chi connectivity index (χ4n) is 4.09. The van der Waals surface area contributed by atoms with Gasteiger partial charge in [0.1, 0.15) is 5.76 Å². The quantitative estimate of drug-likeness (QED) is 0.601. The van der Waals surface area contributed by atoms with Crippen LogP contribution in [0.3, 0.4) is 0 Å². The van der Waals surface area contributed by atoms with Crippen molar-refractivity contribution in [2.24, 2.45) is 23.2 Å². The van der Waals surface area contributed by atoms with Gasteiger partial charge in [0.05, 0.1) is 24.1 Å². The molecule has 4 atom stereocenters. The molecule has 2 aliphatic carbocycles. The summed E-state index contributed by atoms with van der Waals surface area (Å²) in [6.45, 7) is 2.21. The fraction of sp³-hybridized carbons (Fsp3) is 0.467. The molecule has 2 bridgehead atoms. The first-order valence-electron chi connectivity index (χ1n) is 6.69. The number of allylic oxidation sites excluding steroid dienone is 2. The topological polar surface area (TPSA) is 50.5 Å². The Morgan fingerprint density at radius 1 is 1.42 bits per heavy atom. The molecule has 4 rings (SSSR count). The van der Waals surface area contributed by atoms with Crippen molar-refractivity contribution in [3.63, 3.8) is 0 Å². The van der Waals surface area contributed by atoms with Gasteiger partial charge in [0, 0.05) is 0 Å². The number of likely N-dealkylation sites (tertiary alicyclic amines) is 1. The maximum atomic E-state index is 12.7. The van der Waals surface area contributed by atoms with Crippen molar-refractivity contribution < 1.29 is 14.0 Å². The number of hydrogen-bond donors (Lipinski definition) is 0. The van der Waals surface area contributed by atoms with Gasteiger partial charge in [0.15, 0.2) is 0 Å². The highest BCUT2D eigenvalue weighted by Crippen LogP contribution is 2.60. The number of furan rings is 1. The molecule has 19 heavy (non-hydrogen) atoms. The van der Waals surface area contributed by atoms with Crippen molar-refractivity contribution in [3.05, 3.63) is 36.3 Å². The zero-order valence-corrected chi connectivity index (χ0v) is 10.7. The summed E-state index contributed by atoms with van der Waals surface area (Å²) in [4.78, 5) is 26.6. The highest BCUT2D eigenvalue weighted by atomic mass is 16.3. The van der Waals surface area contributed by atoms with Crippen molar-refractivity contribution in [1.29, 1.82) is 0 Å². The van der Waals surface area contributed by atoms with Crippen LogP contribution < -0.4 is 0 Å². The lowest BCUT2D eigenvalue weighted by Crippen LogP contribution is -2.37. The van der Waals surface area contributed by atoms with E-state index in [1.165, 1.54) is 4.90 Å². The number of carbonyl (C=O) groups is 2. The van der Waals surface area contributed by atoms with Crippen molar-refractivity contribution in [3.8, 4) is 0 Å². The molecule has 1 saturated carbocycles. The van der Waals surface area contributed by atoms with Gasteiger partial charge in [-0.3, -0.25) is 14.5 Å². The molecule has 98 valence electrons. The molecule has 1 aromatic heterocycles. The Morgan fingerprint density at radius 2 is 2.26 bits per heavy atom. The number of imide groups is 1. The van der Waals surface area contributed by atoms with Crippen LogP contribution in [0.25, 0.3) is 0 Å². The van der Waals surface area contributed by atoms with Gasteiger partial charge in [-0.25, -0.2) is 0 Å². The number of nitrogens with zero attached hydrogens (tertiary/aromatic N) is 1. The van der Waals surface area contributed by atoms with E-state index < -0.39 is 5.41 Å². The van der Waals surface area contributed by atoms with E-state index in [0.29, 0.717) is 5.76 Å². The minimum Gasteiger partial charge on any atom is -0.467 e. The van der Waals surface area contributed by atoms with Crippen LogP contribution in [0.4, 0.5) is 0 Å². The maximum absolute atomic E-state index is 12.7. The first kappa shape index (κ1) is 11.0. The number of hydrogen-bond acceptors (Lipinski definition) is 3.